The van der Waals surface area contributed by atoms with Gasteiger partial charge in [-0.05, 0) is 37.6 Å². The number of anilines is 1. The molecule has 1 aromatic carbocycles. The molecule has 0 aliphatic rings. The quantitative estimate of drug-likeness (QED) is 0.667. The molecule has 0 saturated carbocycles. The number of hydrogen-bond acceptors (Lipinski definition) is 2. The smallest absolute Gasteiger partial charge is 0.228 e. The maximum Gasteiger partial charge on any atom is 0.228 e. The molecular formula is C12H14N2O. The minimum absolute atomic E-state index is 0.0374. The van der Waals surface area contributed by atoms with E-state index in [1.54, 1.807) is 11.5 Å². The summed E-state index contributed by atoms with van der Waals surface area (Å²) in [6, 6.07) is 5.63. The standard InChI is InChI=1S/C12H14N2O/c1-7-8(2)14(9(3)15)12-5-4-10(13)6-11(7)12/h4-6H,13H2,1-3H3. The lowest BCUT2D eigenvalue weighted by Crippen LogP contribution is -2.07. The molecular weight excluding hydrogens is 188 g/mol. The van der Waals surface area contributed by atoms with Gasteiger partial charge in [0, 0.05) is 23.7 Å². The van der Waals surface area contributed by atoms with Crippen LogP contribution in [0.3, 0.4) is 0 Å². The Morgan fingerprint density at radius 3 is 2.60 bits per heavy atom. The lowest BCUT2D eigenvalue weighted by molar-refractivity contribution is 0.0939. The molecule has 0 fully saturated rings. The van der Waals surface area contributed by atoms with Gasteiger partial charge >= 0.3 is 0 Å². The van der Waals surface area contributed by atoms with Crippen LogP contribution < -0.4 is 5.73 Å². The number of aromatic nitrogens is 1. The summed E-state index contributed by atoms with van der Waals surface area (Å²) in [6.45, 7) is 5.53. The monoisotopic (exact) mass is 202 g/mol. The molecule has 15 heavy (non-hydrogen) atoms. The molecule has 2 N–H and O–H groups in total. The molecule has 78 valence electrons. The normalized spacial score (nSPS) is 10.9. The van der Waals surface area contributed by atoms with Crippen molar-refractivity contribution >= 4 is 22.5 Å². The Hall–Kier alpha value is -1.77. The third kappa shape index (κ3) is 1.31. The van der Waals surface area contributed by atoms with Crippen molar-refractivity contribution in [3.8, 4) is 0 Å². The van der Waals surface area contributed by atoms with Gasteiger partial charge in [-0.2, -0.15) is 0 Å². The third-order valence-corrected chi connectivity index (χ3v) is 2.86. The number of nitrogens with two attached hydrogens (primary N) is 1. The van der Waals surface area contributed by atoms with Crippen molar-refractivity contribution < 1.29 is 4.79 Å². The SMILES string of the molecule is CC(=O)n1c(C)c(C)c2cc(N)ccc21. The van der Waals surface area contributed by atoms with E-state index >= 15 is 0 Å². The second kappa shape index (κ2) is 3.12. The summed E-state index contributed by atoms with van der Waals surface area (Å²) in [5, 5.41) is 1.06. The molecule has 1 aromatic heterocycles. The number of benzene rings is 1. The van der Waals surface area contributed by atoms with Crippen molar-refractivity contribution in [2.75, 3.05) is 5.73 Å². The number of aryl methyl sites for hydroxylation is 1. The molecule has 2 aromatic rings. The van der Waals surface area contributed by atoms with E-state index in [1.165, 1.54) is 0 Å². The topological polar surface area (TPSA) is 48.0 Å². The highest BCUT2D eigenvalue weighted by molar-refractivity contribution is 5.96. The number of hydrogen-bond donors (Lipinski definition) is 1. The maximum atomic E-state index is 11.5. The Labute approximate surface area is 88.5 Å². The van der Waals surface area contributed by atoms with Crippen LogP contribution in [0.2, 0.25) is 0 Å². The highest BCUT2D eigenvalue weighted by Crippen LogP contribution is 2.26. The van der Waals surface area contributed by atoms with Gasteiger partial charge in [-0.15, -0.1) is 0 Å². The zero-order valence-corrected chi connectivity index (χ0v) is 9.16. The largest absolute Gasteiger partial charge is 0.399 e. The van der Waals surface area contributed by atoms with Crippen LogP contribution in [-0.2, 0) is 0 Å². The molecule has 0 aliphatic heterocycles. The summed E-state index contributed by atoms with van der Waals surface area (Å²) >= 11 is 0. The zero-order valence-electron chi connectivity index (χ0n) is 9.16. The van der Waals surface area contributed by atoms with E-state index in [1.807, 2.05) is 32.0 Å². The van der Waals surface area contributed by atoms with Crippen LogP contribution in [0.5, 0.6) is 0 Å². The first-order valence-corrected chi connectivity index (χ1v) is 4.90. The van der Waals surface area contributed by atoms with Crippen molar-refractivity contribution in [2.24, 2.45) is 0 Å². The molecule has 1 heterocycles. The van der Waals surface area contributed by atoms with Crippen LogP contribution in [0.4, 0.5) is 5.69 Å². The lowest BCUT2D eigenvalue weighted by Gasteiger charge is -2.02. The maximum absolute atomic E-state index is 11.5. The molecule has 0 amide bonds. The number of nitrogen functional groups attached to an aromatic ring is 1. The molecule has 0 unspecified atom stereocenters. The zero-order chi connectivity index (χ0) is 11.2. The van der Waals surface area contributed by atoms with Gasteiger partial charge in [0.2, 0.25) is 5.91 Å². The average molecular weight is 202 g/mol. The molecule has 0 atom stereocenters. The Bertz CT molecular complexity index is 552. The summed E-state index contributed by atoms with van der Waals surface area (Å²) < 4.78 is 1.73. The number of carbonyl (C=O) groups excluding carboxylic acids is 1. The number of fused-ring (bicyclic) bond motifs is 1. The first-order chi connectivity index (χ1) is 7.02. The molecule has 3 heteroatoms. The van der Waals surface area contributed by atoms with E-state index in [2.05, 4.69) is 0 Å². The van der Waals surface area contributed by atoms with Crippen LogP contribution in [0.1, 0.15) is 23.0 Å². The first-order valence-electron chi connectivity index (χ1n) is 4.90. The predicted molar refractivity (Wildman–Crippen MR) is 62.1 cm³/mol. The van der Waals surface area contributed by atoms with E-state index in [-0.39, 0.29) is 5.91 Å². The summed E-state index contributed by atoms with van der Waals surface area (Å²) in [5.41, 5.74) is 9.51. The van der Waals surface area contributed by atoms with Gasteiger partial charge in [0.05, 0.1) is 5.52 Å². The van der Waals surface area contributed by atoms with E-state index in [0.29, 0.717) is 0 Å². The molecule has 0 spiro atoms. The number of carbonyl (C=O) groups is 1. The second-order valence-corrected chi connectivity index (χ2v) is 3.84. The first kappa shape index (κ1) is 9.77. The summed E-state index contributed by atoms with van der Waals surface area (Å²) in [7, 11) is 0. The fourth-order valence-electron chi connectivity index (χ4n) is 2.00. The van der Waals surface area contributed by atoms with Crippen LogP contribution in [0.25, 0.3) is 10.9 Å². The van der Waals surface area contributed by atoms with Crippen molar-refractivity contribution in [1.29, 1.82) is 0 Å². The van der Waals surface area contributed by atoms with E-state index in [4.69, 9.17) is 5.73 Å². The van der Waals surface area contributed by atoms with Crippen LogP contribution in [0, 0.1) is 13.8 Å². The Morgan fingerprint density at radius 2 is 2.00 bits per heavy atom. The minimum Gasteiger partial charge on any atom is -0.399 e. The summed E-state index contributed by atoms with van der Waals surface area (Å²) in [4.78, 5) is 11.5. The average Bonchev–Trinajstić information content (AvgIpc) is 2.41. The van der Waals surface area contributed by atoms with Gasteiger partial charge in [0.1, 0.15) is 0 Å². The van der Waals surface area contributed by atoms with Gasteiger partial charge < -0.3 is 5.73 Å². The Morgan fingerprint density at radius 1 is 1.33 bits per heavy atom. The highest BCUT2D eigenvalue weighted by Gasteiger charge is 2.13. The Balaban J connectivity index is 2.93. The van der Waals surface area contributed by atoms with E-state index in [0.717, 1.165) is 27.8 Å². The highest BCUT2D eigenvalue weighted by atomic mass is 16.1. The van der Waals surface area contributed by atoms with Crippen molar-refractivity contribution in [1.82, 2.24) is 4.57 Å². The van der Waals surface area contributed by atoms with Gasteiger partial charge in [0.25, 0.3) is 0 Å². The van der Waals surface area contributed by atoms with E-state index in [9.17, 15) is 4.79 Å². The molecule has 3 nitrogen and oxygen atoms in total. The second-order valence-electron chi connectivity index (χ2n) is 3.84. The van der Waals surface area contributed by atoms with Gasteiger partial charge in [-0.1, -0.05) is 0 Å². The number of rotatable bonds is 0. The fraction of sp³-hybridized carbons (Fsp3) is 0.250. The summed E-state index contributed by atoms with van der Waals surface area (Å²) in [5.74, 6) is 0.0374. The third-order valence-electron chi connectivity index (χ3n) is 2.86. The summed E-state index contributed by atoms with van der Waals surface area (Å²) in [6.07, 6.45) is 0. The molecule has 0 bridgehead atoms. The van der Waals surface area contributed by atoms with Crippen molar-refractivity contribution in [3.05, 3.63) is 29.5 Å². The van der Waals surface area contributed by atoms with Crippen molar-refractivity contribution in [3.63, 3.8) is 0 Å². The van der Waals surface area contributed by atoms with Gasteiger partial charge in [0.15, 0.2) is 0 Å². The number of nitrogens with zero attached hydrogens (tertiary/aromatic N) is 1. The van der Waals surface area contributed by atoms with Crippen LogP contribution in [0.15, 0.2) is 18.2 Å². The van der Waals surface area contributed by atoms with E-state index < -0.39 is 0 Å². The minimum atomic E-state index is 0.0374. The fourth-order valence-corrected chi connectivity index (χ4v) is 2.00. The van der Waals surface area contributed by atoms with Crippen LogP contribution in [-0.4, -0.2) is 10.5 Å². The molecule has 0 aliphatic carbocycles. The van der Waals surface area contributed by atoms with Crippen molar-refractivity contribution in [2.45, 2.75) is 20.8 Å². The lowest BCUT2D eigenvalue weighted by atomic mass is 10.1. The predicted octanol–water partition coefficient (Wildman–Crippen LogP) is 2.50. The Kier molecular flexibility index (Phi) is 2.03. The van der Waals surface area contributed by atoms with Gasteiger partial charge in [-0.25, -0.2) is 0 Å². The molecule has 0 radical (unpaired) electrons. The van der Waals surface area contributed by atoms with Crippen LogP contribution >= 0.6 is 0 Å². The molecule has 2 rings (SSSR count). The van der Waals surface area contributed by atoms with Gasteiger partial charge in [-0.3, -0.25) is 9.36 Å². The molecule has 0 saturated heterocycles.